The molecule has 5 atom stereocenters. The molecule has 190 valence electrons. The van der Waals surface area contributed by atoms with Gasteiger partial charge in [0.1, 0.15) is 24.2 Å². The number of rotatable bonds is 16. The summed E-state index contributed by atoms with van der Waals surface area (Å²) in [6.45, 7) is 0.670. The van der Waals surface area contributed by atoms with Crippen LogP contribution in [0.1, 0.15) is 26.2 Å². The first-order valence-electron chi connectivity index (χ1n) is 10.2. The zero-order valence-corrected chi connectivity index (χ0v) is 19.5. The molecule has 0 rings (SSSR count). The lowest BCUT2D eigenvalue weighted by Gasteiger charge is -2.25. The van der Waals surface area contributed by atoms with Gasteiger partial charge < -0.3 is 48.5 Å². The van der Waals surface area contributed by atoms with Crippen LogP contribution in [0.5, 0.6) is 0 Å². The molecule has 0 heterocycles. The Balaban J connectivity index is 5.47. The first-order chi connectivity index (χ1) is 15.4. The molecule has 0 aromatic rings. The summed E-state index contributed by atoms with van der Waals surface area (Å²) in [7, 11) is 0. The summed E-state index contributed by atoms with van der Waals surface area (Å²) in [4.78, 5) is 52.6. The number of amides is 3. The summed E-state index contributed by atoms with van der Waals surface area (Å²) in [5.74, 6) is -3.40. The van der Waals surface area contributed by atoms with Crippen LogP contribution >= 0.6 is 11.8 Å². The van der Waals surface area contributed by atoms with Crippen molar-refractivity contribution in [3.05, 3.63) is 0 Å². The summed E-state index contributed by atoms with van der Waals surface area (Å²) in [5, 5.41) is 34.8. The van der Waals surface area contributed by atoms with Crippen molar-refractivity contribution < 1.29 is 34.5 Å². The van der Waals surface area contributed by atoms with Gasteiger partial charge >= 0.3 is 5.97 Å². The third-order valence-corrected chi connectivity index (χ3v) is 5.09. The smallest absolute Gasteiger partial charge is 0.328 e. The van der Waals surface area contributed by atoms with E-state index >= 15 is 0 Å². The van der Waals surface area contributed by atoms with Gasteiger partial charge in [-0.05, 0) is 38.2 Å². The van der Waals surface area contributed by atoms with Gasteiger partial charge in [-0.25, -0.2) is 4.79 Å². The third-order valence-electron chi connectivity index (χ3n) is 4.44. The number of carboxylic acids is 1. The molecule has 0 bridgehead atoms. The van der Waals surface area contributed by atoms with Crippen molar-refractivity contribution in [2.75, 3.05) is 25.2 Å². The van der Waals surface area contributed by atoms with Crippen LogP contribution in [0, 0.1) is 0 Å². The normalized spacial score (nSPS) is 15.3. The SMILES string of the molecule is CSCCC(NC(=O)C(CCCN=C(N)N)NC(=O)C(N)C(C)O)C(=O)NC(CO)C(=O)O. The standard InChI is InChI=1S/C18H35N7O7S/c1-9(27)13(19)16(30)24-10(4-3-6-22-18(20)21)14(28)23-11(5-7-33-2)15(29)25-12(8-26)17(31)32/h9-13,26-27H,3-8,19H2,1-2H3,(H,23,28)(H,24,30)(H,25,29)(H,31,32)(H4,20,21,22). The van der Waals surface area contributed by atoms with E-state index < -0.39 is 60.6 Å². The molecule has 0 radical (unpaired) electrons. The highest BCUT2D eigenvalue weighted by molar-refractivity contribution is 7.98. The van der Waals surface area contributed by atoms with Crippen molar-refractivity contribution in [3.63, 3.8) is 0 Å². The summed E-state index contributed by atoms with van der Waals surface area (Å²) in [6.07, 6.45) is 1.18. The lowest BCUT2D eigenvalue weighted by atomic mass is 10.1. The van der Waals surface area contributed by atoms with Gasteiger partial charge in [0.2, 0.25) is 17.7 Å². The predicted molar refractivity (Wildman–Crippen MR) is 123 cm³/mol. The number of aliphatic hydroxyl groups is 2. The average molecular weight is 494 g/mol. The number of hydrogen-bond acceptors (Lipinski definition) is 9. The molecule has 0 spiro atoms. The van der Waals surface area contributed by atoms with Crippen molar-refractivity contribution in [3.8, 4) is 0 Å². The number of aliphatic hydroxyl groups excluding tert-OH is 2. The number of nitrogens with zero attached hydrogens (tertiary/aromatic N) is 1. The van der Waals surface area contributed by atoms with Crippen LogP contribution < -0.4 is 33.2 Å². The first-order valence-corrected chi connectivity index (χ1v) is 11.6. The zero-order valence-electron chi connectivity index (χ0n) is 18.7. The third kappa shape index (κ3) is 12.3. The van der Waals surface area contributed by atoms with Gasteiger partial charge in [0.15, 0.2) is 5.96 Å². The number of thioether (sulfide) groups is 1. The number of nitrogens with one attached hydrogen (secondary N) is 3. The van der Waals surface area contributed by atoms with Crippen LogP contribution in [0.3, 0.4) is 0 Å². The van der Waals surface area contributed by atoms with Gasteiger partial charge in [0, 0.05) is 6.54 Å². The Kier molecular flexibility index (Phi) is 14.8. The highest BCUT2D eigenvalue weighted by atomic mass is 32.2. The van der Waals surface area contributed by atoms with E-state index in [9.17, 15) is 24.3 Å². The number of hydrogen-bond donors (Lipinski definition) is 9. The maximum Gasteiger partial charge on any atom is 0.328 e. The Labute approximate surface area is 196 Å². The molecule has 0 aliphatic carbocycles. The van der Waals surface area contributed by atoms with Crippen LogP contribution in [0.4, 0.5) is 0 Å². The second kappa shape index (κ2) is 16.1. The Hall–Kier alpha value is -2.62. The number of carboxylic acid groups (broad SMARTS) is 1. The van der Waals surface area contributed by atoms with E-state index in [1.807, 2.05) is 0 Å². The van der Waals surface area contributed by atoms with Crippen molar-refractivity contribution in [1.82, 2.24) is 16.0 Å². The first kappa shape index (κ1) is 30.4. The monoisotopic (exact) mass is 493 g/mol. The fourth-order valence-electron chi connectivity index (χ4n) is 2.49. The minimum absolute atomic E-state index is 0.0894. The molecule has 0 aliphatic rings. The quantitative estimate of drug-likeness (QED) is 0.0569. The van der Waals surface area contributed by atoms with Crippen molar-refractivity contribution in [2.24, 2.45) is 22.2 Å². The van der Waals surface area contributed by atoms with E-state index in [-0.39, 0.29) is 25.3 Å². The molecular formula is C18H35N7O7S. The number of guanidine groups is 1. The minimum atomic E-state index is -1.54. The van der Waals surface area contributed by atoms with Crippen LogP contribution in [0.2, 0.25) is 0 Å². The van der Waals surface area contributed by atoms with Crippen molar-refractivity contribution >= 4 is 41.4 Å². The Bertz CT molecular complexity index is 689. The highest BCUT2D eigenvalue weighted by Crippen LogP contribution is 2.05. The minimum Gasteiger partial charge on any atom is -0.480 e. The van der Waals surface area contributed by atoms with Crippen molar-refractivity contribution in [2.45, 2.75) is 56.5 Å². The Morgan fingerprint density at radius 2 is 1.48 bits per heavy atom. The fourth-order valence-corrected chi connectivity index (χ4v) is 2.97. The molecular weight excluding hydrogens is 458 g/mol. The maximum atomic E-state index is 12.9. The lowest BCUT2D eigenvalue weighted by Crippen LogP contribution is -2.58. The maximum absolute atomic E-state index is 12.9. The molecule has 12 N–H and O–H groups in total. The zero-order chi connectivity index (χ0) is 25.6. The van der Waals surface area contributed by atoms with Crippen LogP contribution in [0.15, 0.2) is 4.99 Å². The van der Waals surface area contributed by atoms with E-state index in [4.69, 9.17) is 27.4 Å². The van der Waals surface area contributed by atoms with Gasteiger partial charge in [-0.1, -0.05) is 0 Å². The summed E-state index contributed by atoms with van der Waals surface area (Å²) in [6, 6.07) is -5.07. The summed E-state index contributed by atoms with van der Waals surface area (Å²) in [5.41, 5.74) is 16.2. The molecule has 5 unspecified atom stereocenters. The second-order valence-electron chi connectivity index (χ2n) is 7.20. The predicted octanol–water partition coefficient (Wildman–Crippen LogP) is -3.97. The van der Waals surface area contributed by atoms with Gasteiger partial charge in [-0.2, -0.15) is 11.8 Å². The fraction of sp³-hybridized carbons (Fsp3) is 0.722. The topological polar surface area (TPSA) is 255 Å². The molecule has 0 aliphatic heterocycles. The van der Waals surface area contributed by atoms with E-state index in [1.54, 1.807) is 6.26 Å². The number of carbonyl (C=O) groups is 4. The number of aliphatic carboxylic acids is 1. The van der Waals surface area contributed by atoms with E-state index in [0.29, 0.717) is 12.2 Å². The molecule has 0 saturated carbocycles. The van der Waals surface area contributed by atoms with Crippen LogP contribution in [-0.4, -0.2) is 100 Å². The van der Waals surface area contributed by atoms with Gasteiger partial charge in [-0.3, -0.25) is 19.4 Å². The van der Waals surface area contributed by atoms with E-state index in [0.717, 1.165) is 0 Å². The molecule has 15 heteroatoms. The number of nitrogens with two attached hydrogens (primary N) is 3. The molecule has 0 aromatic carbocycles. The van der Waals surface area contributed by atoms with Gasteiger partial charge in [-0.15, -0.1) is 0 Å². The molecule has 14 nitrogen and oxygen atoms in total. The summed E-state index contributed by atoms with van der Waals surface area (Å²) < 4.78 is 0. The van der Waals surface area contributed by atoms with E-state index in [1.165, 1.54) is 18.7 Å². The molecule has 3 amide bonds. The van der Waals surface area contributed by atoms with Crippen LogP contribution in [-0.2, 0) is 19.2 Å². The Morgan fingerprint density at radius 3 is 1.94 bits per heavy atom. The summed E-state index contributed by atoms with van der Waals surface area (Å²) >= 11 is 1.40. The van der Waals surface area contributed by atoms with Crippen molar-refractivity contribution in [1.29, 1.82) is 0 Å². The largest absolute Gasteiger partial charge is 0.480 e. The van der Waals surface area contributed by atoms with Gasteiger partial charge in [0.05, 0.1) is 12.7 Å². The second-order valence-corrected chi connectivity index (χ2v) is 8.19. The number of aliphatic imine (C=N–C) groups is 1. The van der Waals surface area contributed by atoms with E-state index in [2.05, 4.69) is 20.9 Å². The average Bonchev–Trinajstić information content (AvgIpc) is 2.75. The van der Waals surface area contributed by atoms with Crippen LogP contribution in [0.25, 0.3) is 0 Å². The van der Waals surface area contributed by atoms with Gasteiger partial charge in [0.25, 0.3) is 0 Å². The Morgan fingerprint density at radius 1 is 0.970 bits per heavy atom. The molecule has 0 saturated heterocycles. The molecule has 0 fully saturated rings. The lowest BCUT2D eigenvalue weighted by molar-refractivity contribution is -0.143. The highest BCUT2D eigenvalue weighted by Gasteiger charge is 2.30. The molecule has 0 aromatic heterocycles. The number of carbonyl (C=O) groups excluding carboxylic acids is 3. The molecule has 33 heavy (non-hydrogen) atoms.